The van der Waals surface area contributed by atoms with Crippen molar-refractivity contribution in [3.63, 3.8) is 0 Å². The van der Waals surface area contributed by atoms with Crippen LogP contribution in [0.1, 0.15) is 24.3 Å². The molecule has 3 nitrogen and oxygen atoms in total. The summed E-state index contributed by atoms with van der Waals surface area (Å²) in [5.41, 5.74) is 0.883. The highest BCUT2D eigenvalue weighted by Gasteiger charge is 2.22. The fourth-order valence-electron chi connectivity index (χ4n) is 2.22. The summed E-state index contributed by atoms with van der Waals surface area (Å²) in [7, 11) is 1.45. The van der Waals surface area contributed by atoms with Crippen molar-refractivity contribution in [3.05, 3.63) is 23.5 Å². The molecule has 1 fully saturated rings. The van der Waals surface area contributed by atoms with Gasteiger partial charge in [0.2, 0.25) is 0 Å². The zero-order chi connectivity index (χ0) is 11.5. The van der Waals surface area contributed by atoms with Crippen LogP contribution in [-0.4, -0.2) is 25.3 Å². The third-order valence-electron chi connectivity index (χ3n) is 3.05. The minimum absolute atomic E-state index is 0.272. The van der Waals surface area contributed by atoms with Crippen molar-refractivity contribution in [1.82, 2.24) is 5.32 Å². The Morgan fingerprint density at radius 3 is 2.94 bits per heavy atom. The molecule has 0 spiro atoms. The maximum atomic E-state index is 13.2. The molecule has 0 aromatic heterocycles. The maximum absolute atomic E-state index is 13.2. The van der Waals surface area contributed by atoms with Gasteiger partial charge in [-0.1, -0.05) is 6.07 Å². The van der Waals surface area contributed by atoms with E-state index in [1.807, 2.05) is 0 Å². The topological polar surface area (TPSA) is 41.5 Å². The summed E-state index contributed by atoms with van der Waals surface area (Å²) in [5, 5.41) is 12.9. The van der Waals surface area contributed by atoms with Gasteiger partial charge in [0.25, 0.3) is 0 Å². The quantitative estimate of drug-likeness (QED) is 0.809. The molecule has 1 aliphatic rings. The van der Waals surface area contributed by atoms with E-state index in [2.05, 4.69) is 5.32 Å². The van der Waals surface area contributed by atoms with E-state index in [9.17, 15) is 9.50 Å². The summed E-state index contributed by atoms with van der Waals surface area (Å²) in [6.07, 6.45) is 2.13. The molecule has 1 heterocycles. The van der Waals surface area contributed by atoms with Crippen LogP contribution in [0.3, 0.4) is 0 Å². The summed E-state index contributed by atoms with van der Waals surface area (Å²) in [6, 6.07) is 2.99. The van der Waals surface area contributed by atoms with E-state index >= 15 is 0 Å². The van der Waals surface area contributed by atoms with Gasteiger partial charge in [-0.15, -0.1) is 0 Å². The Labute approximate surface area is 94.2 Å². The molecule has 1 saturated heterocycles. The average molecular weight is 225 g/mol. The highest BCUT2D eigenvalue weighted by atomic mass is 19.1. The van der Waals surface area contributed by atoms with Crippen LogP contribution in [0.2, 0.25) is 0 Å². The van der Waals surface area contributed by atoms with E-state index in [4.69, 9.17) is 4.74 Å². The van der Waals surface area contributed by atoms with E-state index in [0.717, 1.165) is 31.5 Å². The third-order valence-corrected chi connectivity index (χ3v) is 3.05. The maximum Gasteiger partial charge on any atom is 0.194 e. The minimum atomic E-state index is -0.635. The lowest BCUT2D eigenvalue weighted by atomic mass is 9.90. The Morgan fingerprint density at radius 2 is 2.31 bits per heavy atom. The van der Waals surface area contributed by atoms with Gasteiger partial charge >= 0.3 is 0 Å². The number of ether oxygens (including phenoxy) is 1. The number of benzene rings is 1. The summed E-state index contributed by atoms with van der Waals surface area (Å²) in [5.74, 6) is -0.459. The van der Waals surface area contributed by atoms with Crippen molar-refractivity contribution in [2.24, 2.45) is 0 Å². The number of hydrogen-bond acceptors (Lipinski definition) is 3. The molecule has 0 aliphatic carbocycles. The van der Waals surface area contributed by atoms with Gasteiger partial charge in [-0.3, -0.25) is 0 Å². The van der Waals surface area contributed by atoms with E-state index in [0.29, 0.717) is 0 Å². The lowest BCUT2D eigenvalue weighted by molar-refractivity contribution is 0.345. The number of phenolic OH excluding ortho intramolecular Hbond substituents is 1. The molecule has 0 amide bonds. The normalized spacial score (nSPS) is 20.8. The van der Waals surface area contributed by atoms with Crippen molar-refractivity contribution in [2.45, 2.75) is 18.8 Å². The molecular weight excluding hydrogens is 209 g/mol. The van der Waals surface area contributed by atoms with E-state index in [-0.39, 0.29) is 17.4 Å². The van der Waals surface area contributed by atoms with Crippen molar-refractivity contribution < 1.29 is 14.2 Å². The number of hydrogen-bond donors (Lipinski definition) is 2. The number of halogens is 1. The van der Waals surface area contributed by atoms with Gasteiger partial charge < -0.3 is 15.2 Å². The molecule has 4 heteroatoms. The van der Waals surface area contributed by atoms with Crippen LogP contribution in [0.15, 0.2) is 12.1 Å². The molecular formula is C12H16FNO2. The second-order valence-electron chi connectivity index (χ2n) is 4.06. The van der Waals surface area contributed by atoms with Gasteiger partial charge in [-0.05, 0) is 25.5 Å². The summed E-state index contributed by atoms with van der Waals surface area (Å²) >= 11 is 0. The van der Waals surface area contributed by atoms with Crippen molar-refractivity contribution in [1.29, 1.82) is 0 Å². The summed E-state index contributed by atoms with van der Waals surface area (Å²) < 4.78 is 18.3. The van der Waals surface area contributed by atoms with Gasteiger partial charge in [-0.25, -0.2) is 4.39 Å². The molecule has 1 unspecified atom stereocenters. The highest BCUT2D eigenvalue weighted by Crippen LogP contribution is 2.38. The van der Waals surface area contributed by atoms with Crippen molar-refractivity contribution >= 4 is 0 Å². The van der Waals surface area contributed by atoms with E-state index < -0.39 is 5.82 Å². The Bertz CT molecular complexity index is 376. The van der Waals surface area contributed by atoms with Crippen LogP contribution in [0.5, 0.6) is 11.5 Å². The summed E-state index contributed by atoms with van der Waals surface area (Å²) in [4.78, 5) is 0. The largest absolute Gasteiger partial charge is 0.502 e. The standard InChI is InChI=1S/C12H16FNO2/c1-16-12-9(4-5-10(13)11(12)15)8-3-2-6-14-7-8/h4-5,8,14-15H,2-3,6-7H2,1H3. The first kappa shape index (κ1) is 11.2. The third kappa shape index (κ3) is 1.97. The van der Waals surface area contributed by atoms with Crippen LogP contribution in [-0.2, 0) is 0 Å². The zero-order valence-electron chi connectivity index (χ0n) is 9.29. The van der Waals surface area contributed by atoms with Gasteiger partial charge in [0, 0.05) is 18.0 Å². The van der Waals surface area contributed by atoms with Crippen LogP contribution < -0.4 is 10.1 Å². The Morgan fingerprint density at radius 1 is 1.50 bits per heavy atom. The molecule has 1 aromatic rings. The molecule has 2 N–H and O–H groups in total. The lowest BCUT2D eigenvalue weighted by Crippen LogP contribution is -2.28. The van der Waals surface area contributed by atoms with Gasteiger partial charge in [0.1, 0.15) is 0 Å². The summed E-state index contributed by atoms with van der Waals surface area (Å²) in [6.45, 7) is 1.87. The first-order valence-electron chi connectivity index (χ1n) is 5.50. The molecule has 1 aromatic carbocycles. The van der Waals surface area contributed by atoms with Crippen LogP contribution in [0, 0.1) is 5.82 Å². The monoisotopic (exact) mass is 225 g/mol. The molecule has 0 bridgehead atoms. The number of phenols is 1. The first-order valence-corrected chi connectivity index (χ1v) is 5.50. The number of aromatic hydroxyl groups is 1. The van der Waals surface area contributed by atoms with Crippen LogP contribution in [0.4, 0.5) is 4.39 Å². The van der Waals surface area contributed by atoms with Gasteiger partial charge in [0.05, 0.1) is 7.11 Å². The fraction of sp³-hybridized carbons (Fsp3) is 0.500. The van der Waals surface area contributed by atoms with E-state index in [1.54, 1.807) is 6.07 Å². The molecule has 88 valence electrons. The Hall–Kier alpha value is -1.29. The smallest absolute Gasteiger partial charge is 0.194 e. The fourth-order valence-corrected chi connectivity index (χ4v) is 2.22. The second kappa shape index (κ2) is 4.70. The SMILES string of the molecule is COc1c(C2CCCNC2)ccc(F)c1O. The highest BCUT2D eigenvalue weighted by molar-refractivity contribution is 5.48. The number of piperidine rings is 1. The number of rotatable bonds is 2. The van der Waals surface area contributed by atoms with Crippen molar-refractivity contribution in [3.8, 4) is 11.5 Å². The number of methoxy groups -OCH3 is 1. The molecule has 1 atom stereocenters. The first-order chi connectivity index (χ1) is 7.74. The van der Waals surface area contributed by atoms with Gasteiger partial charge in [-0.2, -0.15) is 0 Å². The number of nitrogens with one attached hydrogen (secondary N) is 1. The van der Waals surface area contributed by atoms with Crippen LogP contribution in [0.25, 0.3) is 0 Å². The lowest BCUT2D eigenvalue weighted by Gasteiger charge is -2.25. The average Bonchev–Trinajstić information content (AvgIpc) is 2.33. The molecule has 0 saturated carbocycles. The zero-order valence-corrected chi connectivity index (χ0v) is 9.29. The minimum Gasteiger partial charge on any atom is -0.502 e. The predicted molar refractivity (Wildman–Crippen MR) is 59.5 cm³/mol. The molecule has 1 aliphatic heterocycles. The van der Waals surface area contributed by atoms with Crippen LogP contribution >= 0.6 is 0 Å². The second-order valence-corrected chi connectivity index (χ2v) is 4.06. The predicted octanol–water partition coefficient (Wildman–Crippen LogP) is 2.01. The molecule has 2 rings (SSSR count). The van der Waals surface area contributed by atoms with Crippen molar-refractivity contribution in [2.75, 3.05) is 20.2 Å². The van der Waals surface area contributed by atoms with Gasteiger partial charge in [0.15, 0.2) is 17.3 Å². The Kier molecular flexibility index (Phi) is 3.29. The van der Waals surface area contributed by atoms with E-state index in [1.165, 1.54) is 13.2 Å². The molecule has 16 heavy (non-hydrogen) atoms. The molecule has 0 radical (unpaired) electrons. The Balaban J connectivity index is 2.35.